The highest BCUT2D eigenvalue weighted by Crippen LogP contribution is 2.28. The number of benzene rings is 1. The molecule has 1 aliphatic rings. The van der Waals surface area contributed by atoms with Crippen molar-refractivity contribution in [2.45, 2.75) is 19.8 Å². The Morgan fingerprint density at radius 3 is 2.97 bits per heavy atom. The molecule has 1 amide bonds. The molecule has 1 fully saturated rings. The summed E-state index contributed by atoms with van der Waals surface area (Å²) in [5.41, 5.74) is 3.73. The van der Waals surface area contributed by atoms with Crippen molar-refractivity contribution in [2.75, 3.05) is 31.5 Å². The fourth-order valence-corrected chi connectivity index (χ4v) is 3.77. The molecule has 0 aliphatic carbocycles. The van der Waals surface area contributed by atoms with Crippen molar-refractivity contribution < 1.29 is 4.79 Å². The maximum absolute atomic E-state index is 12.7. The maximum Gasteiger partial charge on any atom is 0.268 e. The van der Waals surface area contributed by atoms with Gasteiger partial charge in [-0.1, -0.05) is 12.0 Å². The lowest BCUT2D eigenvalue weighted by molar-refractivity contribution is 0.0945. The monoisotopic (exact) mass is 388 g/mol. The van der Waals surface area contributed by atoms with Crippen molar-refractivity contribution in [1.29, 1.82) is 0 Å². The SMILES string of the molecule is C#Cc1cccc(Nc2nncc3[nH]c(C(=O)NCCN4CCCC4)c(C)c23)c1. The molecule has 3 heterocycles. The third kappa shape index (κ3) is 4.08. The van der Waals surface area contributed by atoms with Crippen molar-refractivity contribution in [3.8, 4) is 12.3 Å². The number of rotatable bonds is 6. The van der Waals surface area contributed by atoms with Gasteiger partial charge in [-0.15, -0.1) is 11.5 Å². The van der Waals surface area contributed by atoms with Crippen molar-refractivity contribution in [2.24, 2.45) is 0 Å². The Hall–Kier alpha value is -3.37. The van der Waals surface area contributed by atoms with Crippen LogP contribution in [0.1, 0.15) is 34.5 Å². The number of carbonyl (C=O) groups excluding carboxylic acids is 1. The van der Waals surface area contributed by atoms with E-state index in [0.29, 0.717) is 18.1 Å². The number of fused-ring (bicyclic) bond motifs is 1. The Labute approximate surface area is 169 Å². The average Bonchev–Trinajstić information content (AvgIpc) is 3.36. The summed E-state index contributed by atoms with van der Waals surface area (Å²) in [5.74, 6) is 3.09. The summed E-state index contributed by atoms with van der Waals surface area (Å²) in [6.45, 7) is 5.67. The lowest BCUT2D eigenvalue weighted by Crippen LogP contribution is -2.33. The van der Waals surface area contributed by atoms with E-state index >= 15 is 0 Å². The average molecular weight is 388 g/mol. The van der Waals surface area contributed by atoms with Crippen LogP contribution < -0.4 is 10.6 Å². The summed E-state index contributed by atoms with van der Waals surface area (Å²) in [6.07, 6.45) is 9.61. The van der Waals surface area contributed by atoms with Crippen LogP contribution in [-0.2, 0) is 0 Å². The quantitative estimate of drug-likeness (QED) is 0.566. The molecule has 7 heteroatoms. The molecule has 7 nitrogen and oxygen atoms in total. The molecule has 29 heavy (non-hydrogen) atoms. The largest absolute Gasteiger partial charge is 0.349 e. The molecule has 0 unspecified atom stereocenters. The van der Waals surface area contributed by atoms with Crippen molar-refractivity contribution in [1.82, 2.24) is 25.4 Å². The molecule has 1 aliphatic heterocycles. The predicted octanol–water partition coefficient (Wildman–Crippen LogP) is 2.82. The minimum atomic E-state index is -0.113. The van der Waals surface area contributed by atoms with Gasteiger partial charge in [-0.2, -0.15) is 5.10 Å². The van der Waals surface area contributed by atoms with E-state index in [1.807, 2.05) is 31.2 Å². The maximum atomic E-state index is 12.7. The van der Waals surface area contributed by atoms with Crippen LogP contribution in [0.25, 0.3) is 10.9 Å². The minimum absolute atomic E-state index is 0.113. The Kier molecular flexibility index (Phi) is 5.45. The van der Waals surface area contributed by atoms with Gasteiger partial charge in [-0.05, 0) is 56.6 Å². The summed E-state index contributed by atoms with van der Waals surface area (Å²) >= 11 is 0. The van der Waals surface area contributed by atoms with Crippen molar-refractivity contribution >= 4 is 28.3 Å². The number of aromatic amines is 1. The number of aromatic nitrogens is 3. The highest BCUT2D eigenvalue weighted by Gasteiger charge is 2.19. The topological polar surface area (TPSA) is 85.9 Å². The van der Waals surface area contributed by atoms with Crippen LogP contribution in [0.3, 0.4) is 0 Å². The first-order valence-corrected chi connectivity index (χ1v) is 9.84. The van der Waals surface area contributed by atoms with Crippen LogP contribution in [0.4, 0.5) is 11.5 Å². The van der Waals surface area contributed by atoms with Gasteiger partial charge in [0.05, 0.1) is 11.7 Å². The third-order valence-electron chi connectivity index (χ3n) is 5.29. The number of hydrogen-bond donors (Lipinski definition) is 3. The highest BCUT2D eigenvalue weighted by molar-refractivity contribution is 6.04. The second-order valence-corrected chi connectivity index (χ2v) is 7.26. The molecule has 0 atom stereocenters. The number of carbonyl (C=O) groups is 1. The molecule has 3 aromatic rings. The normalized spacial score (nSPS) is 14.1. The molecule has 0 radical (unpaired) electrons. The molecule has 4 rings (SSSR count). The van der Waals surface area contributed by atoms with E-state index in [0.717, 1.165) is 47.4 Å². The minimum Gasteiger partial charge on any atom is -0.349 e. The molecule has 2 aromatic heterocycles. The van der Waals surface area contributed by atoms with Crippen molar-refractivity contribution in [3.05, 3.63) is 47.3 Å². The second-order valence-electron chi connectivity index (χ2n) is 7.26. The fraction of sp³-hybridized carbons (Fsp3) is 0.318. The lowest BCUT2D eigenvalue weighted by atomic mass is 10.1. The molecule has 1 saturated heterocycles. The summed E-state index contributed by atoms with van der Waals surface area (Å²) < 4.78 is 0. The molecule has 0 spiro atoms. The summed E-state index contributed by atoms with van der Waals surface area (Å²) in [5, 5.41) is 15.4. The van der Waals surface area contributed by atoms with Crippen LogP contribution in [0.5, 0.6) is 0 Å². The number of anilines is 2. The first-order chi connectivity index (χ1) is 14.2. The Bertz CT molecular complexity index is 1070. The van der Waals surface area contributed by atoms with E-state index in [9.17, 15) is 4.79 Å². The van der Waals surface area contributed by atoms with E-state index in [4.69, 9.17) is 6.42 Å². The first-order valence-electron chi connectivity index (χ1n) is 9.84. The zero-order valence-electron chi connectivity index (χ0n) is 16.5. The van der Waals surface area contributed by atoms with Gasteiger partial charge in [0.1, 0.15) is 5.69 Å². The molecule has 0 bridgehead atoms. The second kappa shape index (κ2) is 8.33. The van der Waals surface area contributed by atoms with Crippen LogP contribution in [0.15, 0.2) is 30.5 Å². The molecule has 1 aromatic carbocycles. The number of terminal acetylenes is 1. The number of H-pyrrole nitrogens is 1. The van der Waals surface area contributed by atoms with Gasteiger partial charge < -0.3 is 20.5 Å². The van der Waals surface area contributed by atoms with Gasteiger partial charge in [0.2, 0.25) is 0 Å². The van der Waals surface area contributed by atoms with E-state index in [-0.39, 0.29) is 5.91 Å². The van der Waals surface area contributed by atoms with Gasteiger partial charge in [0.25, 0.3) is 5.91 Å². The fourth-order valence-electron chi connectivity index (χ4n) is 3.77. The Balaban J connectivity index is 1.54. The number of likely N-dealkylation sites (tertiary alicyclic amines) is 1. The summed E-state index contributed by atoms with van der Waals surface area (Å²) in [6, 6.07) is 7.53. The smallest absolute Gasteiger partial charge is 0.268 e. The Morgan fingerprint density at radius 1 is 1.34 bits per heavy atom. The van der Waals surface area contributed by atoms with E-state index < -0.39 is 0 Å². The van der Waals surface area contributed by atoms with E-state index in [1.54, 1.807) is 6.20 Å². The Morgan fingerprint density at radius 2 is 2.17 bits per heavy atom. The van der Waals surface area contributed by atoms with Gasteiger partial charge in [0.15, 0.2) is 5.82 Å². The number of nitrogens with zero attached hydrogens (tertiary/aromatic N) is 3. The molecular weight excluding hydrogens is 364 g/mol. The van der Waals surface area contributed by atoms with Gasteiger partial charge in [-0.25, -0.2) is 0 Å². The van der Waals surface area contributed by atoms with Gasteiger partial charge in [0, 0.05) is 29.7 Å². The van der Waals surface area contributed by atoms with Crippen LogP contribution in [0.2, 0.25) is 0 Å². The first kappa shape index (κ1) is 19.0. The standard InChI is InChI=1S/C22H24N6O/c1-3-16-7-6-8-17(13-16)25-21-19-15(2)20(26-18(19)14-24-27-21)22(29)23-9-12-28-10-4-5-11-28/h1,6-8,13-14,26H,4-5,9-12H2,2H3,(H,23,29)(H,25,27). The number of aryl methyl sites for hydroxylation is 1. The summed E-state index contributed by atoms with van der Waals surface area (Å²) in [7, 11) is 0. The summed E-state index contributed by atoms with van der Waals surface area (Å²) in [4.78, 5) is 18.3. The zero-order chi connectivity index (χ0) is 20.2. The zero-order valence-corrected chi connectivity index (χ0v) is 16.5. The van der Waals surface area contributed by atoms with Gasteiger partial charge in [-0.3, -0.25) is 4.79 Å². The molecule has 148 valence electrons. The molecule has 3 N–H and O–H groups in total. The van der Waals surface area contributed by atoms with E-state index in [2.05, 4.69) is 36.6 Å². The lowest BCUT2D eigenvalue weighted by Gasteiger charge is -2.14. The van der Waals surface area contributed by atoms with E-state index in [1.165, 1.54) is 12.8 Å². The predicted molar refractivity (Wildman–Crippen MR) is 114 cm³/mol. The number of amides is 1. The number of hydrogen-bond acceptors (Lipinski definition) is 5. The number of nitrogens with one attached hydrogen (secondary N) is 3. The van der Waals surface area contributed by atoms with Crippen LogP contribution >= 0.6 is 0 Å². The highest BCUT2D eigenvalue weighted by atomic mass is 16.1. The van der Waals surface area contributed by atoms with Crippen molar-refractivity contribution in [3.63, 3.8) is 0 Å². The van der Waals surface area contributed by atoms with Gasteiger partial charge >= 0.3 is 0 Å². The third-order valence-corrected chi connectivity index (χ3v) is 5.29. The molecular formula is C22H24N6O. The molecule has 0 saturated carbocycles. The van der Waals surface area contributed by atoms with Crippen LogP contribution in [-0.4, -0.2) is 52.2 Å². The van der Waals surface area contributed by atoms with Crippen LogP contribution in [0, 0.1) is 19.3 Å².